The Morgan fingerprint density at radius 1 is 1.50 bits per heavy atom. The van der Waals surface area contributed by atoms with Crippen LogP contribution in [0.3, 0.4) is 0 Å². The number of nitrogens with two attached hydrogens (primary N) is 1. The first kappa shape index (κ1) is 11.7. The molecule has 0 amide bonds. The predicted octanol–water partition coefficient (Wildman–Crippen LogP) is 1.24. The van der Waals surface area contributed by atoms with Crippen LogP contribution in [-0.2, 0) is 9.53 Å². The zero-order valence-electron chi connectivity index (χ0n) is 7.50. The van der Waals surface area contributed by atoms with Crippen molar-refractivity contribution < 1.29 is 9.53 Å². The zero-order chi connectivity index (χ0) is 8.48. The molecule has 3 nitrogen and oxygen atoms in total. The Morgan fingerprint density at radius 3 is 2.25 bits per heavy atom. The van der Waals surface area contributed by atoms with Gasteiger partial charge in [0.2, 0.25) is 0 Å². The Morgan fingerprint density at radius 2 is 2.00 bits per heavy atom. The lowest BCUT2D eigenvalue weighted by molar-refractivity contribution is -0.157. The minimum absolute atomic E-state index is 0. The van der Waals surface area contributed by atoms with Gasteiger partial charge in [0.25, 0.3) is 0 Å². The maximum Gasteiger partial charge on any atom is 0.326 e. The summed E-state index contributed by atoms with van der Waals surface area (Å²) in [6.07, 6.45) is 2.55. The summed E-state index contributed by atoms with van der Waals surface area (Å²) in [5, 5.41) is 0. The fraction of sp³-hybridized carbons (Fsp3) is 0.875. The summed E-state index contributed by atoms with van der Waals surface area (Å²) < 4.78 is 4.99. The van der Waals surface area contributed by atoms with E-state index in [-0.39, 0.29) is 24.5 Å². The molecule has 2 N–H and O–H groups in total. The maximum absolute atomic E-state index is 11.2. The van der Waals surface area contributed by atoms with E-state index in [0.29, 0.717) is 0 Å². The topological polar surface area (TPSA) is 52.3 Å². The standard InChI is InChI=1S/C8H15NO2.ClH/c1-6(2)11-7(10)8(9)4-3-5-8;/h6H,3-5,9H2,1-2H3;1H. The Labute approximate surface area is 79.1 Å². The number of esters is 1. The van der Waals surface area contributed by atoms with Gasteiger partial charge in [-0.1, -0.05) is 0 Å². The summed E-state index contributed by atoms with van der Waals surface area (Å²) in [5.74, 6) is -0.237. The average molecular weight is 194 g/mol. The lowest BCUT2D eigenvalue weighted by atomic mass is 9.78. The molecule has 0 aromatic heterocycles. The van der Waals surface area contributed by atoms with E-state index in [4.69, 9.17) is 10.5 Å². The lowest BCUT2D eigenvalue weighted by Gasteiger charge is -2.35. The summed E-state index contributed by atoms with van der Waals surface area (Å²) in [7, 11) is 0. The van der Waals surface area contributed by atoms with E-state index >= 15 is 0 Å². The van der Waals surface area contributed by atoms with Crippen LogP contribution in [-0.4, -0.2) is 17.6 Å². The van der Waals surface area contributed by atoms with Crippen LogP contribution in [0.15, 0.2) is 0 Å². The molecule has 0 atom stereocenters. The molecule has 0 heterocycles. The maximum atomic E-state index is 11.2. The SMILES string of the molecule is CC(C)OC(=O)C1(N)CCC1.Cl. The van der Waals surface area contributed by atoms with Gasteiger partial charge in [-0.25, -0.2) is 0 Å². The van der Waals surface area contributed by atoms with Crippen molar-refractivity contribution in [3.63, 3.8) is 0 Å². The summed E-state index contributed by atoms with van der Waals surface area (Å²) in [6.45, 7) is 3.67. The van der Waals surface area contributed by atoms with Crippen molar-refractivity contribution in [1.29, 1.82) is 0 Å². The molecule has 1 aliphatic rings. The van der Waals surface area contributed by atoms with E-state index < -0.39 is 5.54 Å². The van der Waals surface area contributed by atoms with E-state index in [1.54, 1.807) is 0 Å². The number of hydrogen-bond acceptors (Lipinski definition) is 3. The molecule has 1 saturated carbocycles. The van der Waals surface area contributed by atoms with Crippen LogP contribution in [0.2, 0.25) is 0 Å². The van der Waals surface area contributed by atoms with E-state index in [9.17, 15) is 4.79 Å². The van der Waals surface area contributed by atoms with Gasteiger partial charge in [-0.3, -0.25) is 4.79 Å². The number of halogens is 1. The summed E-state index contributed by atoms with van der Waals surface area (Å²) >= 11 is 0. The molecule has 0 aromatic rings. The average Bonchev–Trinajstić information content (AvgIpc) is 1.81. The van der Waals surface area contributed by atoms with Crippen molar-refractivity contribution in [2.75, 3.05) is 0 Å². The first-order valence-electron chi connectivity index (χ1n) is 4.04. The zero-order valence-corrected chi connectivity index (χ0v) is 8.32. The van der Waals surface area contributed by atoms with Crippen LogP contribution >= 0.6 is 12.4 Å². The third kappa shape index (κ3) is 2.35. The van der Waals surface area contributed by atoms with Crippen LogP contribution in [0.1, 0.15) is 33.1 Å². The Balaban J connectivity index is 0.00000121. The largest absolute Gasteiger partial charge is 0.462 e. The summed E-state index contributed by atoms with van der Waals surface area (Å²) in [6, 6.07) is 0. The molecule has 72 valence electrons. The van der Waals surface area contributed by atoms with Gasteiger partial charge in [0.15, 0.2) is 0 Å². The van der Waals surface area contributed by atoms with E-state index in [1.165, 1.54) is 0 Å². The lowest BCUT2D eigenvalue weighted by Crippen LogP contribution is -2.54. The highest BCUT2D eigenvalue weighted by molar-refractivity contribution is 5.85. The number of rotatable bonds is 2. The number of carbonyl (C=O) groups excluding carboxylic acids is 1. The second kappa shape index (κ2) is 4.10. The van der Waals surface area contributed by atoms with Crippen LogP contribution < -0.4 is 5.73 Å². The van der Waals surface area contributed by atoms with Gasteiger partial charge >= 0.3 is 5.97 Å². The van der Waals surface area contributed by atoms with Gasteiger partial charge in [-0.15, -0.1) is 12.4 Å². The number of ether oxygens (including phenoxy) is 1. The fourth-order valence-corrected chi connectivity index (χ4v) is 1.09. The smallest absolute Gasteiger partial charge is 0.326 e. The normalized spacial score (nSPS) is 19.3. The van der Waals surface area contributed by atoms with Crippen LogP contribution in [0.5, 0.6) is 0 Å². The molecular weight excluding hydrogens is 178 g/mol. The molecule has 0 aromatic carbocycles. The molecule has 0 aliphatic heterocycles. The fourth-order valence-electron chi connectivity index (χ4n) is 1.09. The van der Waals surface area contributed by atoms with E-state index in [1.807, 2.05) is 13.8 Å². The molecule has 0 bridgehead atoms. The Kier molecular flexibility index (Phi) is 4.00. The molecular formula is C8H16ClNO2. The minimum atomic E-state index is -0.649. The van der Waals surface area contributed by atoms with Gasteiger partial charge in [0, 0.05) is 0 Å². The van der Waals surface area contributed by atoms with Crippen molar-refractivity contribution in [3.8, 4) is 0 Å². The first-order valence-corrected chi connectivity index (χ1v) is 4.04. The molecule has 12 heavy (non-hydrogen) atoms. The Bertz CT molecular complexity index is 166. The van der Waals surface area contributed by atoms with E-state index in [2.05, 4.69) is 0 Å². The highest BCUT2D eigenvalue weighted by Gasteiger charge is 2.41. The highest BCUT2D eigenvalue weighted by atomic mass is 35.5. The van der Waals surface area contributed by atoms with E-state index in [0.717, 1.165) is 19.3 Å². The van der Waals surface area contributed by atoms with Gasteiger partial charge in [-0.2, -0.15) is 0 Å². The van der Waals surface area contributed by atoms with Crippen molar-refractivity contribution in [1.82, 2.24) is 0 Å². The highest BCUT2D eigenvalue weighted by Crippen LogP contribution is 2.30. The molecule has 1 aliphatic carbocycles. The number of carbonyl (C=O) groups is 1. The van der Waals surface area contributed by atoms with Crippen molar-refractivity contribution >= 4 is 18.4 Å². The second-order valence-corrected chi connectivity index (χ2v) is 3.46. The van der Waals surface area contributed by atoms with Crippen molar-refractivity contribution in [2.45, 2.75) is 44.8 Å². The summed E-state index contributed by atoms with van der Waals surface area (Å²) in [4.78, 5) is 11.2. The molecule has 1 rings (SSSR count). The molecule has 1 fully saturated rings. The van der Waals surface area contributed by atoms with Crippen molar-refractivity contribution in [3.05, 3.63) is 0 Å². The molecule has 0 unspecified atom stereocenters. The van der Waals surface area contributed by atoms with Gasteiger partial charge in [0.05, 0.1) is 6.10 Å². The third-order valence-corrected chi connectivity index (χ3v) is 2.00. The van der Waals surface area contributed by atoms with Crippen molar-refractivity contribution in [2.24, 2.45) is 5.73 Å². The predicted molar refractivity (Wildman–Crippen MR) is 49.2 cm³/mol. The minimum Gasteiger partial charge on any atom is -0.462 e. The second-order valence-electron chi connectivity index (χ2n) is 3.46. The van der Waals surface area contributed by atoms with Crippen LogP contribution in [0.4, 0.5) is 0 Å². The van der Waals surface area contributed by atoms with Gasteiger partial charge in [0.1, 0.15) is 5.54 Å². The van der Waals surface area contributed by atoms with Gasteiger partial charge < -0.3 is 10.5 Å². The van der Waals surface area contributed by atoms with Crippen LogP contribution in [0, 0.1) is 0 Å². The summed E-state index contributed by atoms with van der Waals surface area (Å²) in [5.41, 5.74) is 5.07. The van der Waals surface area contributed by atoms with Crippen LogP contribution in [0.25, 0.3) is 0 Å². The molecule has 0 saturated heterocycles. The quantitative estimate of drug-likeness (QED) is 0.672. The molecule has 0 spiro atoms. The Hall–Kier alpha value is -0.280. The first-order chi connectivity index (χ1) is 5.04. The third-order valence-electron chi connectivity index (χ3n) is 2.00. The number of hydrogen-bond donors (Lipinski definition) is 1. The molecule has 4 heteroatoms. The van der Waals surface area contributed by atoms with Gasteiger partial charge in [-0.05, 0) is 33.1 Å². The monoisotopic (exact) mass is 193 g/mol. The molecule has 0 radical (unpaired) electrons.